The molecule has 10 nitrogen and oxygen atoms in total. The summed E-state index contributed by atoms with van der Waals surface area (Å²) in [5.41, 5.74) is 10.5. The number of aromatic hydroxyl groups is 1. The van der Waals surface area contributed by atoms with Gasteiger partial charge in [-0.15, -0.1) is 0 Å². The van der Waals surface area contributed by atoms with E-state index >= 15 is 0 Å². The van der Waals surface area contributed by atoms with E-state index in [1.54, 1.807) is 58.0 Å². The molecular formula is C37H34ClN7O3. The highest BCUT2D eigenvalue weighted by Gasteiger charge is 2.20. The number of phenols is 1. The van der Waals surface area contributed by atoms with Crippen LogP contribution in [0, 0.1) is 11.8 Å². The molecule has 0 fully saturated rings. The van der Waals surface area contributed by atoms with Crippen molar-refractivity contribution in [2.24, 2.45) is 0 Å². The fourth-order valence-corrected chi connectivity index (χ4v) is 5.80. The number of nitrogens with two attached hydrogens (primary N) is 1. The highest BCUT2D eigenvalue weighted by molar-refractivity contribution is 6.31. The zero-order valence-electron chi connectivity index (χ0n) is 26.6. The fraction of sp³-hybridized carbons (Fsp3) is 0.216. The SMILES string of the molecule is CC(C)NC(=O)CCCC#Cc1cccc2nc(Cn3nc(-c4ccc(O)cc4)c4c(N)cncc43)n(Cc3ccccc3Cl)c(=O)c12. The zero-order chi connectivity index (χ0) is 33.8. The molecule has 1 amide bonds. The Morgan fingerprint density at radius 2 is 1.81 bits per heavy atom. The maximum absolute atomic E-state index is 14.4. The van der Waals surface area contributed by atoms with Crippen LogP contribution in [-0.2, 0) is 17.9 Å². The number of rotatable bonds is 9. The Morgan fingerprint density at radius 1 is 1.02 bits per heavy atom. The summed E-state index contributed by atoms with van der Waals surface area (Å²) in [6.45, 7) is 4.16. The number of aromatic nitrogens is 5. The van der Waals surface area contributed by atoms with Gasteiger partial charge in [-0.25, -0.2) is 4.98 Å². The molecule has 3 aromatic heterocycles. The molecule has 0 aliphatic rings. The van der Waals surface area contributed by atoms with Crippen molar-refractivity contribution in [2.75, 3.05) is 5.73 Å². The van der Waals surface area contributed by atoms with Crippen LogP contribution >= 0.6 is 11.6 Å². The van der Waals surface area contributed by atoms with Crippen LogP contribution in [0.3, 0.4) is 0 Å². The van der Waals surface area contributed by atoms with E-state index in [1.807, 2.05) is 44.2 Å². The van der Waals surface area contributed by atoms with Crippen molar-refractivity contribution in [3.8, 4) is 28.8 Å². The second-order valence-electron chi connectivity index (χ2n) is 11.8. The molecule has 0 bridgehead atoms. The average Bonchev–Trinajstić information content (AvgIpc) is 3.42. The van der Waals surface area contributed by atoms with E-state index in [9.17, 15) is 14.7 Å². The molecule has 242 valence electrons. The zero-order valence-corrected chi connectivity index (χ0v) is 27.3. The van der Waals surface area contributed by atoms with Crippen molar-refractivity contribution in [3.63, 3.8) is 0 Å². The van der Waals surface area contributed by atoms with Crippen molar-refractivity contribution < 1.29 is 9.90 Å². The molecular weight excluding hydrogens is 626 g/mol. The van der Waals surface area contributed by atoms with Gasteiger partial charge in [-0.1, -0.05) is 47.7 Å². The van der Waals surface area contributed by atoms with Crippen LogP contribution < -0.4 is 16.6 Å². The van der Waals surface area contributed by atoms with E-state index in [1.165, 1.54) is 0 Å². The Balaban J connectivity index is 1.43. The molecule has 6 rings (SSSR count). The van der Waals surface area contributed by atoms with Gasteiger partial charge in [-0.05, 0) is 68.3 Å². The van der Waals surface area contributed by atoms with Gasteiger partial charge in [0.15, 0.2) is 0 Å². The lowest BCUT2D eigenvalue weighted by Crippen LogP contribution is -2.29. The number of nitrogens with one attached hydrogen (secondary N) is 1. The van der Waals surface area contributed by atoms with Crippen molar-refractivity contribution in [1.82, 2.24) is 29.6 Å². The van der Waals surface area contributed by atoms with E-state index in [-0.39, 0.29) is 36.3 Å². The lowest BCUT2D eigenvalue weighted by atomic mass is 10.1. The van der Waals surface area contributed by atoms with Gasteiger partial charge in [-0.3, -0.25) is 23.8 Å². The minimum absolute atomic E-state index is 0.00485. The van der Waals surface area contributed by atoms with Crippen LogP contribution in [0.25, 0.3) is 33.1 Å². The van der Waals surface area contributed by atoms with Crippen molar-refractivity contribution in [3.05, 3.63) is 111 Å². The first-order valence-corrected chi connectivity index (χ1v) is 16.0. The van der Waals surface area contributed by atoms with Gasteiger partial charge in [0, 0.05) is 35.0 Å². The van der Waals surface area contributed by atoms with Crippen LogP contribution in [0.5, 0.6) is 5.75 Å². The number of hydrogen-bond donors (Lipinski definition) is 3. The number of anilines is 1. The first-order chi connectivity index (χ1) is 23.2. The summed E-state index contributed by atoms with van der Waals surface area (Å²) in [4.78, 5) is 35.7. The summed E-state index contributed by atoms with van der Waals surface area (Å²) >= 11 is 6.57. The molecule has 0 aliphatic heterocycles. The normalized spacial score (nSPS) is 11.2. The quantitative estimate of drug-likeness (QED) is 0.130. The highest BCUT2D eigenvalue weighted by Crippen LogP contribution is 2.33. The number of carbonyl (C=O) groups is 1. The molecule has 0 unspecified atom stereocenters. The molecule has 3 aromatic carbocycles. The molecule has 0 spiro atoms. The van der Waals surface area contributed by atoms with E-state index in [0.717, 1.165) is 11.1 Å². The first kappa shape index (κ1) is 32.3. The summed E-state index contributed by atoms with van der Waals surface area (Å²) in [5.74, 6) is 6.88. The molecule has 0 radical (unpaired) electrons. The monoisotopic (exact) mass is 659 g/mol. The van der Waals surface area contributed by atoms with Crippen LogP contribution in [0.2, 0.25) is 5.02 Å². The predicted octanol–water partition coefficient (Wildman–Crippen LogP) is 5.89. The number of carbonyl (C=O) groups excluding carboxylic acids is 1. The first-order valence-electron chi connectivity index (χ1n) is 15.6. The Bertz CT molecular complexity index is 2260. The number of hydrogen-bond acceptors (Lipinski definition) is 7. The maximum atomic E-state index is 14.4. The average molecular weight is 660 g/mol. The topological polar surface area (TPSA) is 141 Å². The number of phenolic OH excluding ortho intramolecular Hbond substituents is 1. The molecule has 48 heavy (non-hydrogen) atoms. The van der Waals surface area contributed by atoms with Gasteiger partial charge in [0.25, 0.3) is 5.56 Å². The van der Waals surface area contributed by atoms with Crippen LogP contribution in [0.15, 0.2) is 83.9 Å². The molecule has 6 aromatic rings. The molecule has 0 saturated heterocycles. The van der Waals surface area contributed by atoms with Gasteiger partial charge in [0.2, 0.25) is 5.91 Å². The number of halogens is 1. The Kier molecular flexibility index (Phi) is 9.41. The standard InChI is InChI=1S/C37H34ClN7O3/c1-23(2)41-33(47)14-5-3-4-9-24-11-8-13-30-34(24)37(48)44(21-26-10-6-7-12-28(26)38)32(42-30)22-45-31-20-40-19-29(39)35(31)36(43-45)25-15-17-27(46)18-16-25/h6-8,10-13,15-20,23,46H,3,5,14,21-22,39H2,1-2H3,(H,41,47). The van der Waals surface area contributed by atoms with E-state index in [2.05, 4.69) is 22.1 Å². The lowest BCUT2D eigenvalue weighted by molar-refractivity contribution is -0.121. The van der Waals surface area contributed by atoms with Crippen LogP contribution in [-0.4, -0.2) is 41.4 Å². The van der Waals surface area contributed by atoms with Gasteiger partial charge in [0.05, 0.1) is 53.0 Å². The van der Waals surface area contributed by atoms with Crippen molar-refractivity contribution in [1.29, 1.82) is 0 Å². The molecule has 0 atom stereocenters. The van der Waals surface area contributed by atoms with Gasteiger partial charge in [0.1, 0.15) is 17.3 Å². The minimum atomic E-state index is -0.260. The fourth-order valence-electron chi connectivity index (χ4n) is 5.60. The third kappa shape index (κ3) is 6.87. The number of fused-ring (bicyclic) bond motifs is 2. The van der Waals surface area contributed by atoms with E-state index in [0.29, 0.717) is 68.9 Å². The third-order valence-corrected chi connectivity index (χ3v) is 8.22. The third-order valence-electron chi connectivity index (χ3n) is 7.85. The summed E-state index contributed by atoms with van der Waals surface area (Å²) in [7, 11) is 0. The molecule has 11 heteroatoms. The number of pyridine rings is 1. The van der Waals surface area contributed by atoms with Gasteiger partial charge >= 0.3 is 0 Å². The Labute approximate surface area is 282 Å². The van der Waals surface area contributed by atoms with E-state index in [4.69, 9.17) is 27.4 Å². The van der Waals surface area contributed by atoms with Crippen LogP contribution in [0.4, 0.5) is 5.69 Å². The number of nitrogens with zero attached hydrogens (tertiary/aromatic N) is 5. The van der Waals surface area contributed by atoms with Crippen LogP contribution in [0.1, 0.15) is 50.1 Å². The second-order valence-corrected chi connectivity index (χ2v) is 12.2. The minimum Gasteiger partial charge on any atom is -0.508 e. The number of unbranched alkanes of at least 4 members (excludes halogenated alkanes) is 1. The highest BCUT2D eigenvalue weighted by atomic mass is 35.5. The molecule has 4 N–H and O–H groups in total. The molecule has 0 aliphatic carbocycles. The van der Waals surface area contributed by atoms with Crippen molar-refractivity contribution >= 4 is 45.0 Å². The summed E-state index contributed by atoms with van der Waals surface area (Å²) in [5, 5.41) is 19.3. The maximum Gasteiger partial charge on any atom is 0.263 e. The molecule has 0 saturated carbocycles. The largest absolute Gasteiger partial charge is 0.508 e. The van der Waals surface area contributed by atoms with E-state index < -0.39 is 0 Å². The summed E-state index contributed by atoms with van der Waals surface area (Å²) in [6, 6.07) is 19.6. The second kappa shape index (κ2) is 14.0. The molecule has 3 heterocycles. The number of amides is 1. The lowest BCUT2D eigenvalue weighted by Gasteiger charge is -2.15. The summed E-state index contributed by atoms with van der Waals surface area (Å²) < 4.78 is 3.34. The predicted molar refractivity (Wildman–Crippen MR) is 189 cm³/mol. The number of nitrogen functional groups attached to an aromatic ring is 1. The smallest absolute Gasteiger partial charge is 0.263 e. The van der Waals surface area contributed by atoms with Crippen molar-refractivity contribution in [2.45, 2.75) is 52.2 Å². The van der Waals surface area contributed by atoms with Gasteiger partial charge in [-0.2, -0.15) is 5.10 Å². The van der Waals surface area contributed by atoms with Gasteiger partial charge < -0.3 is 16.2 Å². The Hall–Kier alpha value is -5.66. The number of benzene rings is 3. The Morgan fingerprint density at radius 3 is 2.58 bits per heavy atom. The summed E-state index contributed by atoms with van der Waals surface area (Å²) in [6.07, 6.45) is 4.76.